The van der Waals surface area contributed by atoms with Crippen LogP contribution < -0.4 is 20.4 Å². The van der Waals surface area contributed by atoms with E-state index in [1.807, 2.05) is 48.7 Å². The van der Waals surface area contributed by atoms with Crippen molar-refractivity contribution >= 4 is 33.1 Å². The number of para-hydroxylation sites is 3. The lowest BCUT2D eigenvalue weighted by Gasteiger charge is -2.08. The molecule has 0 bridgehead atoms. The van der Waals surface area contributed by atoms with E-state index in [2.05, 4.69) is 10.3 Å². The zero-order valence-corrected chi connectivity index (χ0v) is 16.2. The lowest BCUT2D eigenvalue weighted by atomic mass is 10.1. The molecular weight excluding hydrogens is 376 g/mol. The normalized spacial score (nSPS) is 10.8. The number of rotatable bonds is 6. The summed E-state index contributed by atoms with van der Waals surface area (Å²) < 4.78 is 16.4. The van der Waals surface area contributed by atoms with E-state index in [4.69, 9.17) is 13.9 Å². The van der Waals surface area contributed by atoms with E-state index in [1.54, 1.807) is 19.2 Å². The molecule has 0 amide bonds. The van der Waals surface area contributed by atoms with E-state index < -0.39 is 5.63 Å². The van der Waals surface area contributed by atoms with Crippen LogP contribution in [0.3, 0.4) is 0 Å². The van der Waals surface area contributed by atoms with Gasteiger partial charge >= 0.3 is 5.63 Å². The van der Waals surface area contributed by atoms with E-state index in [0.29, 0.717) is 40.1 Å². The van der Waals surface area contributed by atoms with Gasteiger partial charge in [0.25, 0.3) is 0 Å². The first-order chi connectivity index (χ1) is 13.7. The third kappa shape index (κ3) is 3.44. The molecule has 4 aromatic rings. The van der Waals surface area contributed by atoms with Crippen molar-refractivity contribution in [1.29, 1.82) is 0 Å². The highest BCUT2D eigenvalue weighted by Crippen LogP contribution is 2.32. The Morgan fingerprint density at radius 2 is 1.96 bits per heavy atom. The molecule has 1 N–H and O–H groups in total. The highest BCUT2D eigenvalue weighted by molar-refractivity contribution is 7.14. The van der Waals surface area contributed by atoms with Gasteiger partial charge in [0.1, 0.15) is 5.75 Å². The fraction of sp³-hybridized carbons (Fsp3) is 0.143. The molecule has 2 aromatic carbocycles. The van der Waals surface area contributed by atoms with Crippen molar-refractivity contribution in [3.8, 4) is 22.8 Å². The molecular formula is C21H18N2O4S. The number of hydrogen-bond donors (Lipinski definition) is 1. The average Bonchev–Trinajstić information content (AvgIpc) is 3.17. The van der Waals surface area contributed by atoms with E-state index >= 15 is 0 Å². The van der Waals surface area contributed by atoms with E-state index in [-0.39, 0.29) is 0 Å². The van der Waals surface area contributed by atoms with Crippen LogP contribution >= 0.6 is 11.3 Å². The molecule has 0 fully saturated rings. The highest BCUT2D eigenvalue weighted by atomic mass is 32.1. The van der Waals surface area contributed by atoms with Crippen molar-refractivity contribution in [2.45, 2.75) is 6.92 Å². The molecule has 28 heavy (non-hydrogen) atoms. The van der Waals surface area contributed by atoms with Gasteiger partial charge in [0, 0.05) is 10.8 Å². The summed E-state index contributed by atoms with van der Waals surface area (Å²) in [5.41, 5.74) is 1.76. The van der Waals surface area contributed by atoms with Crippen LogP contribution in [0, 0.1) is 0 Å². The minimum absolute atomic E-state index is 0.408. The second-order valence-corrected chi connectivity index (χ2v) is 6.78. The molecule has 2 heterocycles. The summed E-state index contributed by atoms with van der Waals surface area (Å²) >= 11 is 1.40. The molecule has 0 atom stereocenters. The molecule has 142 valence electrons. The Balaban J connectivity index is 1.69. The van der Waals surface area contributed by atoms with Gasteiger partial charge in [-0.1, -0.05) is 24.3 Å². The fourth-order valence-electron chi connectivity index (χ4n) is 2.88. The lowest BCUT2D eigenvalue weighted by Crippen LogP contribution is -2.04. The molecule has 0 aliphatic rings. The zero-order chi connectivity index (χ0) is 19.5. The van der Waals surface area contributed by atoms with Crippen molar-refractivity contribution in [2.75, 3.05) is 19.0 Å². The van der Waals surface area contributed by atoms with E-state index in [1.165, 1.54) is 11.3 Å². The molecule has 6 nitrogen and oxygen atoms in total. The first kappa shape index (κ1) is 18.1. The van der Waals surface area contributed by atoms with E-state index in [9.17, 15) is 4.79 Å². The van der Waals surface area contributed by atoms with Gasteiger partial charge in [-0.2, -0.15) is 0 Å². The molecule has 0 unspecified atom stereocenters. The largest absolute Gasteiger partial charge is 0.495 e. The van der Waals surface area contributed by atoms with Crippen LogP contribution in [0.2, 0.25) is 0 Å². The predicted octanol–water partition coefficient (Wildman–Crippen LogP) is 5.07. The van der Waals surface area contributed by atoms with Crippen LogP contribution in [-0.2, 0) is 0 Å². The SMILES string of the molecule is CCOc1cccc2cc(-c3csc(Nc4ccccc4OC)n3)c(=O)oc12. The topological polar surface area (TPSA) is 73.6 Å². The zero-order valence-electron chi connectivity index (χ0n) is 15.4. The van der Waals surface area contributed by atoms with Crippen molar-refractivity contribution in [3.05, 3.63) is 64.3 Å². The third-order valence-electron chi connectivity index (χ3n) is 4.15. The monoisotopic (exact) mass is 394 g/mol. The quantitative estimate of drug-likeness (QED) is 0.461. The van der Waals surface area contributed by atoms with Crippen molar-refractivity contribution in [1.82, 2.24) is 4.98 Å². The number of anilines is 2. The molecule has 0 aliphatic carbocycles. The number of thiazole rings is 1. The van der Waals surface area contributed by atoms with Crippen LogP contribution in [0.5, 0.6) is 11.5 Å². The highest BCUT2D eigenvalue weighted by Gasteiger charge is 2.14. The summed E-state index contributed by atoms with van der Waals surface area (Å²) in [6.07, 6.45) is 0. The van der Waals surface area contributed by atoms with Gasteiger partial charge in [0.05, 0.1) is 30.7 Å². The Bertz CT molecular complexity index is 1180. The smallest absolute Gasteiger partial charge is 0.345 e. The summed E-state index contributed by atoms with van der Waals surface area (Å²) in [4.78, 5) is 17.1. The fourth-order valence-corrected chi connectivity index (χ4v) is 3.61. The van der Waals surface area contributed by atoms with Gasteiger partial charge in [-0.3, -0.25) is 0 Å². The van der Waals surface area contributed by atoms with Crippen LogP contribution in [0.25, 0.3) is 22.2 Å². The van der Waals surface area contributed by atoms with Gasteiger partial charge in [-0.15, -0.1) is 11.3 Å². The number of ether oxygens (including phenoxy) is 2. The van der Waals surface area contributed by atoms with Gasteiger partial charge in [-0.25, -0.2) is 9.78 Å². The van der Waals surface area contributed by atoms with Gasteiger partial charge in [0.15, 0.2) is 16.5 Å². The van der Waals surface area contributed by atoms with E-state index in [0.717, 1.165) is 11.1 Å². The Morgan fingerprint density at radius 3 is 2.79 bits per heavy atom. The maximum atomic E-state index is 12.6. The minimum atomic E-state index is -0.450. The Hall–Kier alpha value is -3.32. The maximum absolute atomic E-state index is 12.6. The van der Waals surface area contributed by atoms with Crippen LogP contribution in [0.4, 0.5) is 10.8 Å². The summed E-state index contributed by atoms with van der Waals surface area (Å²) in [6.45, 7) is 2.38. The molecule has 0 aliphatic heterocycles. The van der Waals surface area contributed by atoms with Crippen LogP contribution in [0.1, 0.15) is 6.92 Å². The maximum Gasteiger partial charge on any atom is 0.345 e. The summed E-state index contributed by atoms with van der Waals surface area (Å²) in [5, 5.41) is 6.49. The van der Waals surface area contributed by atoms with Gasteiger partial charge < -0.3 is 19.2 Å². The molecule has 0 saturated carbocycles. The second kappa shape index (κ2) is 7.74. The Labute approximate surface area is 165 Å². The molecule has 0 radical (unpaired) electrons. The number of benzene rings is 2. The lowest BCUT2D eigenvalue weighted by molar-refractivity contribution is 0.337. The molecule has 2 aromatic heterocycles. The van der Waals surface area contributed by atoms with Crippen molar-refractivity contribution < 1.29 is 13.9 Å². The summed E-state index contributed by atoms with van der Waals surface area (Å²) in [7, 11) is 1.62. The molecule has 0 saturated heterocycles. The third-order valence-corrected chi connectivity index (χ3v) is 4.91. The number of aromatic nitrogens is 1. The minimum Gasteiger partial charge on any atom is -0.495 e. The van der Waals surface area contributed by atoms with Gasteiger partial charge in [0.2, 0.25) is 0 Å². The standard InChI is InChI=1S/C21H18N2O4S/c1-3-26-18-10-6-7-13-11-14(20(24)27-19(13)18)16-12-28-21(23-16)22-15-8-4-5-9-17(15)25-2/h4-12H,3H2,1-2H3,(H,22,23). The number of methoxy groups -OCH3 is 1. The first-order valence-corrected chi connectivity index (χ1v) is 9.63. The molecule has 0 spiro atoms. The number of nitrogens with zero attached hydrogens (tertiary/aromatic N) is 1. The molecule has 7 heteroatoms. The van der Waals surface area contributed by atoms with Crippen molar-refractivity contribution in [2.24, 2.45) is 0 Å². The Morgan fingerprint density at radius 1 is 1.14 bits per heavy atom. The number of fused-ring (bicyclic) bond motifs is 1. The van der Waals surface area contributed by atoms with Crippen molar-refractivity contribution in [3.63, 3.8) is 0 Å². The summed E-state index contributed by atoms with van der Waals surface area (Å²) in [6, 6.07) is 14.9. The van der Waals surface area contributed by atoms with Gasteiger partial charge in [-0.05, 0) is 31.2 Å². The predicted molar refractivity (Wildman–Crippen MR) is 111 cm³/mol. The summed E-state index contributed by atoms with van der Waals surface area (Å²) in [5.74, 6) is 1.27. The second-order valence-electron chi connectivity index (χ2n) is 5.92. The first-order valence-electron chi connectivity index (χ1n) is 8.75. The Kier molecular flexibility index (Phi) is 4.99. The van der Waals surface area contributed by atoms with Crippen LogP contribution in [-0.4, -0.2) is 18.7 Å². The van der Waals surface area contributed by atoms with Crippen LogP contribution in [0.15, 0.2) is 63.1 Å². The number of hydrogen-bond acceptors (Lipinski definition) is 7. The number of nitrogens with one attached hydrogen (secondary N) is 1. The molecule has 4 rings (SSSR count). The average molecular weight is 394 g/mol.